The quantitative estimate of drug-likeness (QED) is 0.0106. The van der Waals surface area contributed by atoms with Crippen LogP contribution in [0, 0.1) is 35.5 Å². The van der Waals surface area contributed by atoms with Crippen LogP contribution in [0.2, 0.25) is 0 Å². The fraction of sp³-hybridized carbons (Fsp3) is 0.519. The zero-order chi connectivity index (χ0) is 98.1. The van der Waals surface area contributed by atoms with Crippen LogP contribution in [-0.2, 0) is 60.9 Å². The number of hydrogen-bond acceptors (Lipinski definition) is 21. The molecule has 12 amide bonds. The monoisotopic (exact) mass is 1930 g/mol. The van der Waals surface area contributed by atoms with Crippen LogP contribution >= 0.6 is 0 Å². The maximum absolute atomic E-state index is 13.8. The van der Waals surface area contributed by atoms with Crippen molar-refractivity contribution in [2.45, 2.75) is 246 Å². The number of nitrogens with two attached hydrogens (primary N) is 2. The number of alkyl carbamates (subject to hydrolysis) is 1. The summed E-state index contributed by atoms with van der Waals surface area (Å²) in [6.45, 7) is 14.1. The van der Waals surface area contributed by atoms with E-state index in [1.54, 1.807) is 34.9 Å². The first-order chi connectivity index (χ1) is 65.6. The Hall–Kier alpha value is -12.9. The van der Waals surface area contributed by atoms with E-state index < -0.39 is 66.0 Å². The normalized spacial score (nSPS) is 20.5. The number of carboxylic acid groups (broad SMARTS) is 2. The van der Waals surface area contributed by atoms with E-state index in [4.69, 9.17) is 34.5 Å². The smallest absolute Gasteiger partial charge is 0.410 e. The number of likely N-dealkylation sites (tertiary alicyclic amines) is 2. The molecule has 2 heterocycles. The van der Waals surface area contributed by atoms with Crippen LogP contribution in [0.3, 0.4) is 0 Å². The summed E-state index contributed by atoms with van der Waals surface area (Å²) in [6.07, 6.45) is 14.4. The first-order valence-corrected chi connectivity index (χ1v) is 47.4. The summed E-state index contributed by atoms with van der Waals surface area (Å²) in [5.74, 6) is -1.19. The standard InChI is InChI=1S/C41H50N6O6.C27H25NO5.C18H32N4O5.C14H27N5O2.CH5N.3CH4/c1-3-30(23-44-46-40(50)43-22-27-17-19-29(20-18-27)38(48)42-2)45-39(49)37-21-31(52-25-28-11-5-4-6-12-28)24-47(37)41(51)53-26-36-34-15-9-7-13-32(34)33-14-8-10-16-35(33)36;29-26(30)25-14-19(32-16-18-8-2-1-3-9-18)15-28(25)27(31)33-17-24-22-12-6-4-10-20(22)21-11-5-7-13-23(21)24;1-5-14(21-17(26)27-18(2,3)4)11-20-22-16(25)19-10-12-6-8-13(9-7-12)15(23)24;1-3-12(15)9-18-19-14(21)17-8-10-4-6-11(7-5-10)13(20)16-2;1-2;;;/h4-16,23,27,29-31,36-37H,3,17-22,24-26H2,1-2H3,(H,42,48)(H,45,49)(H2,43,46,50);1-13,19,24-25H,14-17H2,(H,29,30);11-14H,5-10H2,1-4H3,(H,21,26)(H,23,24)(H2,19,22,25);9-12H,3-8,15H2,1-2H3,(H,16,20)(H2,17,19,21);2H2,1H3;3*1H4/b44-23+;;20-11+;18-9+;;;;/t27?,29?,30-,31+,37-;19-,25+;12?,13?,14-;10?,11?,12-;;;;/m0100..../s1. The molecule has 16 N–H and O–H groups in total. The highest BCUT2D eigenvalue weighted by Gasteiger charge is 2.45. The van der Waals surface area contributed by atoms with Gasteiger partial charge in [-0.05, 0) is 198 Å². The van der Waals surface area contributed by atoms with Crippen LogP contribution in [-0.4, -0.2) is 220 Å². The molecule has 5 aliphatic carbocycles. The van der Waals surface area contributed by atoms with Crippen molar-refractivity contribution in [1.29, 1.82) is 0 Å². The van der Waals surface area contributed by atoms with Crippen LogP contribution in [0.15, 0.2) is 173 Å². The van der Waals surface area contributed by atoms with Gasteiger partial charge in [0.15, 0.2) is 0 Å². The third-order valence-corrected chi connectivity index (χ3v) is 25.3. The summed E-state index contributed by atoms with van der Waals surface area (Å²) < 4.78 is 28.9. The van der Waals surface area contributed by atoms with E-state index in [9.17, 15) is 57.8 Å². The van der Waals surface area contributed by atoms with Crippen molar-refractivity contribution >= 4 is 84.7 Å². The number of rotatable bonds is 32. The van der Waals surface area contributed by atoms with Gasteiger partial charge in [-0.2, -0.15) is 15.3 Å². The van der Waals surface area contributed by atoms with Crippen molar-refractivity contribution in [2.24, 2.45) is 62.3 Å². The van der Waals surface area contributed by atoms with Gasteiger partial charge in [-0.3, -0.25) is 29.0 Å². The zero-order valence-electron chi connectivity index (χ0n) is 79.6. The molecule has 2 saturated heterocycles. The van der Waals surface area contributed by atoms with Gasteiger partial charge in [0.1, 0.15) is 30.9 Å². The molecule has 7 aliphatic rings. The predicted octanol–water partition coefficient (Wildman–Crippen LogP) is 14.5. The second-order valence-electron chi connectivity index (χ2n) is 35.9. The minimum absolute atomic E-state index is 0. The molecule has 6 aromatic carbocycles. The highest BCUT2D eigenvalue weighted by atomic mass is 16.6. The van der Waals surface area contributed by atoms with Crippen molar-refractivity contribution < 1.29 is 86.6 Å². The van der Waals surface area contributed by atoms with E-state index in [1.807, 2.05) is 130 Å². The summed E-state index contributed by atoms with van der Waals surface area (Å²) >= 11 is 0. The first kappa shape index (κ1) is 115. The molecule has 0 bridgehead atoms. The van der Waals surface area contributed by atoms with Crippen LogP contribution in [0.5, 0.6) is 0 Å². The van der Waals surface area contributed by atoms with Crippen LogP contribution in [0.4, 0.5) is 28.8 Å². The van der Waals surface area contributed by atoms with Gasteiger partial charge in [0.25, 0.3) is 0 Å². The average Bonchev–Trinajstić information content (AvgIpc) is 1.62. The van der Waals surface area contributed by atoms with Gasteiger partial charge < -0.3 is 82.6 Å². The molecule has 7 atom stereocenters. The molecular formula is C104H151N17O18. The number of hydrazone groups is 3. The number of benzene rings is 6. The largest absolute Gasteiger partial charge is 0.481 e. The molecule has 0 radical (unpaired) electrons. The van der Waals surface area contributed by atoms with E-state index in [0.29, 0.717) is 76.8 Å². The SMILES string of the molecule is C.C.C.CC[C@@H](/C=N/NC(=O)NCC1CCC(C(=O)NC)CC1)NC(=O)[C@@H]1C[C@@H](OCc2ccccc2)CN1C(=O)OCC1c2ccccc2-c2ccccc21.CC[C@@H](/C=N/NC(=O)NCC1CCC(C(=O)O)CC1)NC(=O)OC(C)(C)C.CC[C@H](N)/C=N/NC(=O)NCC1CCC(C(=O)NC)CC1.CN.O=C(O)[C@@H]1C[C@@H](OCc2ccccc2)CN1C(=O)OCC1c2ccccc2-c2ccccc21. The number of ether oxygens (including phenoxy) is 5. The Kier molecular flexibility index (Phi) is 49.1. The van der Waals surface area contributed by atoms with E-state index in [1.165, 1.54) is 35.5 Å². The molecule has 6 aromatic rings. The lowest BCUT2D eigenvalue weighted by Crippen LogP contribution is -2.49. The summed E-state index contributed by atoms with van der Waals surface area (Å²) in [5.41, 5.74) is 27.8. The van der Waals surface area contributed by atoms with Gasteiger partial charge in [-0.15, -0.1) is 0 Å². The Morgan fingerprint density at radius 2 is 0.763 bits per heavy atom. The molecule has 35 nitrogen and oxygen atoms in total. The van der Waals surface area contributed by atoms with Gasteiger partial charge in [-0.25, -0.2) is 49.8 Å². The number of fused-ring (bicyclic) bond motifs is 6. The molecule has 13 rings (SSSR count). The molecule has 760 valence electrons. The van der Waals surface area contributed by atoms with Gasteiger partial charge >= 0.3 is 48.3 Å². The zero-order valence-corrected chi connectivity index (χ0v) is 79.6. The Labute approximate surface area is 819 Å². The maximum Gasteiger partial charge on any atom is 0.410 e. The minimum atomic E-state index is -1.05. The van der Waals surface area contributed by atoms with Crippen LogP contribution in [0.25, 0.3) is 22.3 Å². The van der Waals surface area contributed by atoms with Crippen molar-refractivity contribution in [2.75, 3.05) is 67.1 Å². The Morgan fingerprint density at radius 3 is 1.10 bits per heavy atom. The summed E-state index contributed by atoms with van der Waals surface area (Å²) in [6, 6.07) is 48.1. The van der Waals surface area contributed by atoms with E-state index in [0.717, 1.165) is 126 Å². The third-order valence-electron chi connectivity index (χ3n) is 25.3. The second kappa shape index (κ2) is 59.4. The Bertz CT molecular complexity index is 4850. The number of carboxylic acids is 2. The van der Waals surface area contributed by atoms with Gasteiger partial charge in [-0.1, -0.05) is 201 Å². The predicted molar refractivity (Wildman–Crippen MR) is 539 cm³/mol. The van der Waals surface area contributed by atoms with Crippen molar-refractivity contribution in [1.82, 2.24) is 63.3 Å². The average molecular weight is 1930 g/mol. The number of nitrogens with one attached hydrogen (secondary N) is 10. The van der Waals surface area contributed by atoms with Crippen molar-refractivity contribution in [3.8, 4) is 22.3 Å². The Morgan fingerprint density at radius 1 is 0.432 bits per heavy atom. The topological polar surface area (TPSA) is 490 Å². The number of carbonyl (C=O) groups excluding carboxylic acids is 9. The highest BCUT2D eigenvalue weighted by Crippen LogP contribution is 2.47. The molecule has 0 spiro atoms. The third kappa shape index (κ3) is 36.1. The summed E-state index contributed by atoms with van der Waals surface area (Å²) in [5, 5.41) is 49.8. The number of hydrogen-bond donors (Lipinski definition) is 14. The summed E-state index contributed by atoms with van der Waals surface area (Å²) in [7, 11) is 4.83. The lowest BCUT2D eigenvalue weighted by Gasteiger charge is -2.27. The molecule has 5 fully saturated rings. The number of amides is 12. The number of nitrogens with zero attached hydrogens (tertiary/aromatic N) is 5. The Balaban J connectivity index is 0.000000298. The molecular weight excluding hydrogens is 1780 g/mol. The van der Waals surface area contributed by atoms with E-state index >= 15 is 0 Å². The van der Waals surface area contributed by atoms with Gasteiger partial charge in [0.05, 0.1) is 56.5 Å². The fourth-order valence-electron chi connectivity index (χ4n) is 17.7. The summed E-state index contributed by atoms with van der Waals surface area (Å²) in [4.78, 5) is 137. The lowest BCUT2D eigenvalue weighted by molar-refractivity contribution is -0.143. The first-order valence-electron chi connectivity index (χ1n) is 47.4. The molecule has 2 aliphatic heterocycles. The van der Waals surface area contributed by atoms with E-state index in [2.05, 4.69) is 123 Å². The van der Waals surface area contributed by atoms with Crippen molar-refractivity contribution in [3.63, 3.8) is 0 Å². The second-order valence-corrected chi connectivity index (χ2v) is 35.9. The number of urea groups is 3. The van der Waals surface area contributed by atoms with Crippen LogP contribution in [0.1, 0.15) is 218 Å². The van der Waals surface area contributed by atoms with Gasteiger partial charge in [0, 0.05) is 94.9 Å². The highest BCUT2D eigenvalue weighted by molar-refractivity contribution is 5.90. The van der Waals surface area contributed by atoms with Crippen molar-refractivity contribution in [3.05, 3.63) is 191 Å². The molecule has 0 unspecified atom stereocenters. The number of aliphatic carboxylic acids is 2. The molecule has 0 aromatic heterocycles. The van der Waals surface area contributed by atoms with E-state index in [-0.39, 0.29) is 139 Å². The molecule has 3 saturated carbocycles. The fourth-order valence-corrected chi connectivity index (χ4v) is 17.7. The molecule has 139 heavy (non-hydrogen) atoms. The minimum Gasteiger partial charge on any atom is -0.481 e. The maximum atomic E-state index is 13.8. The van der Waals surface area contributed by atoms with Gasteiger partial charge in [0.2, 0.25) is 17.7 Å². The number of carbonyl (C=O) groups is 11. The lowest BCUT2D eigenvalue weighted by atomic mass is 9.81. The van der Waals surface area contributed by atoms with Crippen LogP contribution < -0.4 is 65.0 Å². The molecule has 35 heteroatoms.